The fourth-order valence-corrected chi connectivity index (χ4v) is 5.74. The summed E-state index contributed by atoms with van der Waals surface area (Å²) in [6.45, 7) is 8.40. The standard InChI is InChI=1S/C27H29N7S2/c1-18-16-22(8-9-23(18)30-32-27-28-20(3)17-35-27)33(4)24-10-7-21(15-19(24)2)29-31-25-11-12-26(36-25)34-13-5-6-14-34/h7-12,15-17H,5-6,13-14H2,1-4H3. The smallest absolute Gasteiger partial charge is 0.230 e. The first kappa shape index (κ1) is 24.3. The summed E-state index contributed by atoms with van der Waals surface area (Å²) in [6.07, 6.45) is 2.55. The van der Waals surface area contributed by atoms with E-state index in [1.54, 1.807) is 11.3 Å². The van der Waals surface area contributed by atoms with Crippen molar-refractivity contribution in [3.63, 3.8) is 0 Å². The molecule has 0 atom stereocenters. The Bertz CT molecular complexity index is 1410. The van der Waals surface area contributed by atoms with Gasteiger partial charge in [0, 0.05) is 36.9 Å². The minimum Gasteiger partial charge on any atom is -0.363 e. The second-order valence-electron chi connectivity index (χ2n) is 8.98. The van der Waals surface area contributed by atoms with Gasteiger partial charge in [-0.25, -0.2) is 4.98 Å². The Morgan fingerprint density at radius 3 is 2.42 bits per heavy atom. The quantitative estimate of drug-likeness (QED) is 0.230. The van der Waals surface area contributed by atoms with Crippen LogP contribution in [0, 0.1) is 20.8 Å². The third-order valence-electron chi connectivity index (χ3n) is 6.22. The number of rotatable bonds is 7. The van der Waals surface area contributed by atoms with Gasteiger partial charge in [-0.15, -0.1) is 31.8 Å². The lowest BCUT2D eigenvalue weighted by Crippen LogP contribution is -2.15. The highest BCUT2D eigenvalue weighted by Gasteiger charge is 2.14. The molecule has 4 aromatic rings. The third kappa shape index (κ3) is 5.52. The number of benzene rings is 2. The predicted molar refractivity (Wildman–Crippen MR) is 151 cm³/mol. The van der Waals surface area contributed by atoms with Crippen LogP contribution >= 0.6 is 22.7 Å². The van der Waals surface area contributed by atoms with Crippen LogP contribution in [0.15, 0.2) is 74.4 Å². The van der Waals surface area contributed by atoms with E-state index >= 15 is 0 Å². The first-order chi connectivity index (χ1) is 17.5. The van der Waals surface area contributed by atoms with Crippen molar-refractivity contribution in [1.82, 2.24) is 4.98 Å². The van der Waals surface area contributed by atoms with E-state index in [-0.39, 0.29) is 0 Å². The summed E-state index contributed by atoms with van der Waals surface area (Å²) >= 11 is 3.20. The Morgan fingerprint density at radius 1 is 0.861 bits per heavy atom. The molecule has 0 aliphatic carbocycles. The lowest BCUT2D eigenvalue weighted by Gasteiger charge is -2.22. The van der Waals surface area contributed by atoms with Gasteiger partial charge >= 0.3 is 0 Å². The molecule has 5 rings (SSSR count). The number of aryl methyl sites for hydroxylation is 3. The van der Waals surface area contributed by atoms with Gasteiger partial charge in [0.1, 0.15) is 5.00 Å². The van der Waals surface area contributed by atoms with E-state index in [9.17, 15) is 0 Å². The highest BCUT2D eigenvalue weighted by molar-refractivity contribution is 7.19. The van der Waals surface area contributed by atoms with Gasteiger partial charge in [0.05, 0.1) is 22.1 Å². The van der Waals surface area contributed by atoms with Gasteiger partial charge in [-0.3, -0.25) is 0 Å². The van der Waals surface area contributed by atoms with E-state index < -0.39 is 0 Å². The first-order valence-corrected chi connectivity index (χ1v) is 13.7. The van der Waals surface area contributed by atoms with Crippen LogP contribution in [0.5, 0.6) is 0 Å². The van der Waals surface area contributed by atoms with E-state index in [1.165, 1.54) is 29.2 Å². The molecule has 0 radical (unpaired) electrons. The number of azo groups is 2. The third-order valence-corrected chi connectivity index (χ3v) is 8.09. The molecule has 0 unspecified atom stereocenters. The van der Waals surface area contributed by atoms with Crippen LogP contribution < -0.4 is 9.80 Å². The molecular formula is C27H29N7S2. The topological polar surface area (TPSA) is 68.8 Å². The number of aromatic nitrogens is 1. The minimum atomic E-state index is 0.673. The Morgan fingerprint density at radius 2 is 1.69 bits per heavy atom. The molecule has 0 spiro atoms. The predicted octanol–water partition coefficient (Wildman–Crippen LogP) is 9.33. The average molecular weight is 516 g/mol. The Balaban J connectivity index is 1.27. The second kappa shape index (κ2) is 10.7. The molecule has 0 N–H and O–H groups in total. The van der Waals surface area contributed by atoms with Crippen LogP contribution in [0.1, 0.15) is 29.7 Å². The summed E-state index contributed by atoms with van der Waals surface area (Å²) in [5, 5.41) is 22.5. The first-order valence-electron chi connectivity index (χ1n) is 12.0. The average Bonchev–Trinajstić information content (AvgIpc) is 3.64. The lowest BCUT2D eigenvalue weighted by molar-refractivity contribution is 0.949. The number of thiophene rings is 1. The zero-order valence-corrected chi connectivity index (χ0v) is 22.6. The molecule has 1 aliphatic heterocycles. The summed E-state index contributed by atoms with van der Waals surface area (Å²) < 4.78 is 0. The number of thiazole rings is 1. The molecule has 0 saturated carbocycles. The number of hydrogen-bond donors (Lipinski definition) is 0. The number of hydrogen-bond acceptors (Lipinski definition) is 9. The van der Waals surface area contributed by atoms with Crippen molar-refractivity contribution in [3.8, 4) is 0 Å². The maximum absolute atomic E-state index is 4.49. The van der Waals surface area contributed by atoms with Crippen LogP contribution in [-0.2, 0) is 0 Å². The van der Waals surface area contributed by atoms with Crippen molar-refractivity contribution in [1.29, 1.82) is 0 Å². The number of anilines is 3. The summed E-state index contributed by atoms with van der Waals surface area (Å²) in [5.74, 6) is 0. The highest BCUT2D eigenvalue weighted by Crippen LogP contribution is 2.36. The highest BCUT2D eigenvalue weighted by atomic mass is 32.1. The lowest BCUT2D eigenvalue weighted by atomic mass is 10.1. The zero-order valence-electron chi connectivity index (χ0n) is 21.0. The molecule has 184 valence electrons. The Labute approximate surface area is 219 Å². The summed E-state index contributed by atoms with van der Waals surface area (Å²) in [4.78, 5) is 8.94. The normalized spacial score (nSPS) is 13.9. The van der Waals surface area contributed by atoms with Crippen molar-refractivity contribution in [2.45, 2.75) is 33.6 Å². The fraction of sp³-hybridized carbons (Fsp3) is 0.296. The maximum atomic E-state index is 4.49. The molecule has 7 nitrogen and oxygen atoms in total. The maximum Gasteiger partial charge on any atom is 0.230 e. The second-order valence-corrected chi connectivity index (χ2v) is 10.9. The van der Waals surface area contributed by atoms with Crippen LogP contribution in [0.2, 0.25) is 0 Å². The van der Waals surface area contributed by atoms with Gasteiger partial charge in [-0.05, 0) is 93.3 Å². The van der Waals surface area contributed by atoms with E-state index in [4.69, 9.17) is 0 Å². The van der Waals surface area contributed by atoms with Gasteiger partial charge in [0.15, 0.2) is 0 Å². The Kier molecular flexibility index (Phi) is 7.20. The molecule has 2 aromatic carbocycles. The van der Waals surface area contributed by atoms with Crippen LogP contribution in [0.25, 0.3) is 0 Å². The van der Waals surface area contributed by atoms with Gasteiger partial charge in [0.2, 0.25) is 5.13 Å². The molecule has 1 aliphatic rings. The fourth-order valence-electron chi connectivity index (χ4n) is 4.25. The molecule has 1 fully saturated rings. The SMILES string of the molecule is Cc1csc(N=Nc2ccc(N(C)c3ccc(N=Nc4ccc(N5CCCC5)s4)cc3C)cc2C)n1. The largest absolute Gasteiger partial charge is 0.363 e. The molecule has 0 amide bonds. The van der Waals surface area contributed by atoms with E-state index in [0.717, 1.165) is 57.7 Å². The number of nitrogens with zero attached hydrogens (tertiary/aromatic N) is 7. The van der Waals surface area contributed by atoms with Gasteiger partial charge in [-0.2, -0.15) is 0 Å². The zero-order chi connectivity index (χ0) is 25.1. The summed E-state index contributed by atoms with van der Waals surface area (Å²) in [6, 6.07) is 16.6. The molecular weight excluding hydrogens is 486 g/mol. The molecule has 1 saturated heterocycles. The van der Waals surface area contributed by atoms with E-state index in [0.29, 0.717) is 5.13 Å². The van der Waals surface area contributed by atoms with Crippen molar-refractivity contribution in [2.24, 2.45) is 20.5 Å². The molecule has 2 aromatic heterocycles. The monoisotopic (exact) mass is 515 g/mol. The van der Waals surface area contributed by atoms with E-state index in [2.05, 4.69) is 92.5 Å². The molecule has 3 heterocycles. The summed E-state index contributed by atoms with van der Waals surface area (Å²) in [5.41, 5.74) is 7.06. The Hall–Kier alpha value is -3.43. The van der Waals surface area contributed by atoms with Crippen molar-refractivity contribution in [3.05, 3.63) is 70.7 Å². The minimum absolute atomic E-state index is 0.673. The summed E-state index contributed by atoms with van der Waals surface area (Å²) in [7, 11) is 2.07. The van der Waals surface area contributed by atoms with Crippen LogP contribution in [0.4, 0.5) is 37.9 Å². The van der Waals surface area contributed by atoms with Gasteiger partial charge < -0.3 is 9.80 Å². The van der Waals surface area contributed by atoms with Gasteiger partial charge in [-0.1, -0.05) is 11.3 Å². The van der Waals surface area contributed by atoms with Gasteiger partial charge in [0.25, 0.3) is 0 Å². The van der Waals surface area contributed by atoms with E-state index in [1.807, 2.05) is 24.4 Å². The van der Waals surface area contributed by atoms with Crippen LogP contribution in [-0.4, -0.2) is 25.1 Å². The van der Waals surface area contributed by atoms with Crippen molar-refractivity contribution in [2.75, 3.05) is 29.9 Å². The van der Waals surface area contributed by atoms with Crippen molar-refractivity contribution < 1.29 is 0 Å². The molecule has 9 heteroatoms. The van der Waals surface area contributed by atoms with Crippen LogP contribution in [0.3, 0.4) is 0 Å². The van der Waals surface area contributed by atoms with Crippen molar-refractivity contribution >= 4 is 60.6 Å². The molecule has 0 bridgehead atoms. The molecule has 36 heavy (non-hydrogen) atoms.